The minimum Gasteiger partial charge on any atom is -0.307 e. The number of halogens is 3. The molecule has 0 fully saturated rings. The summed E-state index contributed by atoms with van der Waals surface area (Å²) in [6.07, 6.45) is -2.16. The first kappa shape index (κ1) is 13.6. The topological polar surface area (TPSA) is 37.3 Å². The molecule has 1 heterocycles. The van der Waals surface area contributed by atoms with Crippen LogP contribution in [0.4, 0.5) is 13.2 Å². The largest absolute Gasteiger partial charge is 0.418 e. The summed E-state index contributed by atoms with van der Waals surface area (Å²) >= 11 is 0. The zero-order valence-electron chi connectivity index (χ0n) is 9.67. The first-order valence-corrected chi connectivity index (χ1v) is 5.08. The molecule has 0 amide bonds. The fourth-order valence-electron chi connectivity index (χ4n) is 1.29. The molecule has 0 radical (unpaired) electrons. The predicted octanol–water partition coefficient (Wildman–Crippen LogP) is 2.28. The molecule has 0 spiro atoms. The van der Waals surface area contributed by atoms with Crippen LogP contribution in [0.1, 0.15) is 18.1 Å². The van der Waals surface area contributed by atoms with E-state index in [9.17, 15) is 13.2 Å². The van der Waals surface area contributed by atoms with E-state index in [-0.39, 0.29) is 12.1 Å². The maximum Gasteiger partial charge on any atom is 0.418 e. The van der Waals surface area contributed by atoms with E-state index in [1.807, 2.05) is 6.92 Å². The highest BCUT2D eigenvalue weighted by Crippen LogP contribution is 2.31. The summed E-state index contributed by atoms with van der Waals surface area (Å²) in [5.74, 6) is 0. The number of alkyl halides is 3. The molecule has 3 nitrogen and oxygen atoms in total. The van der Waals surface area contributed by atoms with Crippen molar-refractivity contribution in [3.8, 4) is 0 Å². The fraction of sp³-hybridized carbons (Fsp3) is 0.455. The molecule has 17 heavy (non-hydrogen) atoms. The highest BCUT2D eigenvalue weighted by atomic mass is 19.4. The summed E-state index contributed by atoms with van der Waals surface area (Å²) in [5, 5.41) is 2.91. The Hall–Kier alpha value is -1.43. The first-order chi connectivity index (χ1) is 7.95. The van der Waals surface area contributed by atoms with Crippen LogP contribution in [0.5, 0.6) is 0 Å². The maximum atomic E-state index is 12.6. The van der Waals surface area contributed by atoms with Gasteiger partial charge in [-0.15, -0.1) is 0 Å². The van der Waals surface area contributed by atoms with E-state index in [1.165, 1.54) is 12.3 Å². The van der Waals surface area contributed by atoms with Crippen LogP contribution in [0, 0.1) is 0 Å². The minimum atomic E-state index is -4.36. The molecule has 1 rings (SSSR count). The number of aromatic nitrogens is 1. The van der Waals surface area contributed by atoms with Crippen LogP contribution >= 0.6 is 0 Å². The molecule has 0 aliphatic rings. The Morgan fingerprint density at radius 1 is 1.47 bits per heavy atom. The van der Waals surface area contributed by atoms with Crippen LogP contribution in [0.3, 0.4) is 0 Å². The normalized spacial score (nSPS) is 12.9. The van der Waals surface area contributed by atoms with Crippen LogP contribution < -0.4 is 5.32 Å². The molecule has 0 unspecified atom stereocenters. The van der Waals surface area contributed by atoms with Crippen LogP contribution in [-0.2, 0) is 12.7 Å². The average molecular weight is 245 g/mol. The van der Waals surface area contributed by atoms with Gasteiger partial charge in [0.25, 0.3) is 0 Å². The molecule has 1 aromatic rings. The Labute approximate surface area is 97.8 Å². The Kier molecular flexibility index (Phi) is 4.62. The second kappa shape index (κ2) is 5.77. The Bertz CT molecular complexity index is 399. The van der Waals surface area contributed by atoms with Crippen molar-refractivity contribution in [1.29, 1.82) is 0 Å². The number of hydrogen-bond acceptors (Lipinski definition) is 3. The Balaban J connectivity index is 2.71. The van der Waals surface area contributed by atoms with E-state index in [0.29, 0.717) is 6.54 Å². The van der Waals surface area contributed by atoms with Crippen molar-refractivity contribution in [3.63, 3.8) is 0 Å². The number of aliphatic imine (C=N–C) groups is 1. The molecule has 6 heteroatoms. The van der Waals surface area contributed by atoms with E-state index in [1.54, 1.807) is 7.05 Å². The van der Waals surface area contributed by atoms with Gasteiger partial charge in [-0.2, -0.15) is 13.2 Å². The quantitative estimate of drug-likeness (QED) is 0.826. The van der Waals surface area contributed by atoms with Gasteiger partial charge < -0.3 is 5.32 Å². The van der Waals surface area contributed by atoms with Crippen molar-refractivity contribution in [2.45, 2.75) is 19.6 Å². The lowest BCUT2D eigenvalue weighted by molar-refractivity contribution is -0.138. The predicted molar refractivity (Wildman–Crippen MR) is 60.0 cm³/mol. The van der Waals surface area contributed by atoms with Gasteiger partial charge in [-0.3, -0.25) is 9.98 Å². The number of nitrogens with zero attached hydrogens (tertiary/aromatic N) is 2. The van der Waals surface area contributed by atoms with Gasteiger partial charge in [-0.1, -0.05) is 0 Å². The van der Waals surface area contributed by atoms with Gasteiger partial charge in [-0.05, 0) is 18.6 Å². The number of pyridine rings is 1. The van der Waals surface area contributed by atoms with E-state index in [0.717, 1.165) is 11.9 Å². The molecule has 0 saturated carbocycles. The van der Waals surface area contributed by atoms with Crippen molar-refractivity contribution >= 4 is 5.71 Å². The summed E-state index contributed by atoms with van der Waals surface area (Å²) < 4.78 is 37.8. The molecule has 0 aliphatic heterocycles. The summed E-state index contributed by atoms with van der Waals surface area (Å²) in [6, 6.07) is 1.37. The molecule has 0 atom stereocenters. The lowest BCUT2D eigenvalue weighted by Gasteiger charge is -2.12. The monoisotopic (exact) mass is 245 g/mol. The summed E-state index contributed by atoms with van der Waals surface area (Å²) in [5.41, 5.74) is 0.336. The molecular formula is C11H14F3N3. The highest BCUT2D eigenvalue weighted by Gasteiger charge is 2.33. The molecule has 1 aromatic heterocycles. The van der Waals surface area contributed by atoms with E-state index >= 15 is 0 Å². The molecule has 0 saturated heterocycles. The van der Waals surface area contributed by atoms with Crippen molar-refractivity contribution < 1.29 is 13.2 Å². The Morgan fingerprint density at radius 3 is 2.76 bits per heavy atom. The summed E-state index contributed by atoms with van der Waals surface area (Å²) in [7, 11) is 1.64. The third-order valence-electron chi connectivity index (χ3n) is 2.29. The number of rotatable bonds is 4. The number of nitrogens with one attached hydrogen (secondary N) is 1. The third-order valence-corrected chi connectivity index (χ3v) is 2.29. The van der Waals surface area contributed by atoms with Crippen LogP contribution in [0.15, 0.2) is 23.5 Å². The van der Waals surface area contributed by atoms with Gasteiger partial charge in [0.2, 0.25) is 0 Å². The van der Waals surface area contributed by atoms with Crippen molar-refractivity contribution in [2.24, 2.45) is 4.99 Å². The molecule has 0 aromatic carbocycles. The lowest BCUT2D eigenvalue weighted by Crippen LogP contribution is -2.22. The number of hydrogen-bond donors (Lipinski definition) is 1. The summed E-state index contributed by atoms with van der Waals surface area (Å²) in [6.45, 7) is 2.42. The van der Waals surface area contributed by atoms with Gasteiger partial charge in [-0.25, -0.2) is 0 Å². The fourth-order valence-corrected chi connectivity index (χ4v) is 1.29. The summed E-state index contributed by atoms with van der Waals surface area (Å²) in [4.78, 5) is 7.41. The molecular weight excluding hydrogens is 231 g/mol. The Morgan fingerprint density at radius 2 is 2.18 bits per heavy atom. The zero-order chi connectivity index (χ0) is 12.9. The van der Waals surface area contributed by atoms with Gasteiger partial charge in [0, 0.05) is 38.2 Å². The zero-order valence-corrected chi connectivity index (χ0v) is 9.67. The van der Waals surface area contributed by atoms with Gasteiger partial charge >= 0.3 is 6.18 Å². The first-order valence-electron chi connectivity index (χ1n) is 5.08. The average Bonchev–Trinajstić information content (AvgIpc) is 2.28. The van der Waals surface area contributed by atoms with E-state index in [4.69, 9.17) is 0 Å². The van der Waals surface area contributed by atoms with Crippen molar-refractivity contribution in [2.75, 3.05) is 13.6 Å². The second-order valence-electron chi connectivity index (χ2n) is 3.59. The lowest BCUT2D eigenvalue weighted by atomic mass is 10.1. The molecule has 0 aliphatic carbocycles. The minimum absolute atomic E-state index is 0.143. The van der Waals surface area contributed by atoms with E-state index in [2.05, 4.69) is 15.3 Å². The second-order valence-corrected chi connectivity index (χ2v) is 3.59. The van der Waals surface area contributed by atoms with Gasteiger partial charge in [0.15, 0.2) is 0 Å². The van der Waals surface area contributed by atoms with Crippen LogP contribution in [-0.4, -0.2) is 24.3 Å². The third kappa shape index (κ3) is 4.14. The van der Waals surface area contributed by atoms with Gasteiger partial charge in [0.1, 0.15) is 0 Å². The van der Waals surface area contributed by atoms with Gasteiger partial charge in [0.05, 0.1) is 5.56 Å². The van der Waals surface area contributed by atoms with Crippen molar-refractivity contribution in [3.05, 3.63) is 29.6 Å². The van der Waals surface area contributed by atoms with E-state index < -0.39 is 11.7 Å². The van der Waals surface area contributed by atoms with Crippen molar-refractivity contribution in [1.82, 2.24) is 10.3 Å². The standard InChI is InChI=1S/C11H14F3N3/c1-8(15-2)5-17-6-9-3-4-16-7-10(9)11(12,13)14/h3-4,7,17H,5-6H2,1-2H3. The molecule has 1 N–H and O–H groups in total. The SMILES string of the molecule is CN=C(C)CNCc1ccncc1C(F)(F)F. The van der Waals surface area contributed by atoms with Crippen LogP contribution in [0.2, 0.25) is 0 Å². The van der Waals surface area contributed by atoms with Crippen LogP contribution in [0.25, 0.3) is 0 Å². The maximum absolute atomic E-state index is 12.6. The highest BCUT2D eigenvalue weighted by molar-refractivity contribution is 5.83. The smallest absolute Gasteiger partial charge is 0.307 e. The molecule has 94 valence electrons. The molecule has 0 bridgehead atoms.